The number of ketones is 2. The van der Waals surface area contributed by atoms with Crippen molar-refractivity contribution < 1.29 is 24.3 Å². The molecule has 7 nitrogen and oxygen atoms in total. The quantitative estimate of drug-likeness (QED) is 0.195. The molecule has 1 heterocycles. The fraction of sp³-hybridized carbons (Fsp3) is 0.200. The molecule has 3 aliphatic carbocycles. The fourth-order valence-electron chi connectivity index (χ4n) is 7.08. The molecule has 1 aliphatic heterocycles. The lowest BCUT2D eigenvalue weighted by atomic mass is 9.59. The predicted octanol–water partition coefficient (Wildman–Crippen LogP) is 6.41. The molecule has 1 saturated heterocycles. The van der Waals surface area contributed by atoms with Crippen LogP contribution >= 0.6 is 15.9 Å². The zero-order chi connectivity index (χ0) is 30.0. The number of carbonyl (C=O) groups is 4. The maximum atomic E-state index is 14.1. The Morgan fingerprint density at radius 1 is 0.884 bits per heavy atom. The standard InChI is InChI=1S/C35H27BrN2O5/c1-18-15-19(7-14-28(18)39)30-23-12-13-24-31(25(23)16-26-32(30)29(40)17-27(36)33(26)41)35(43)38(34(24)42)22-10-8-21(9-11-22)37-20-5-3-2-4-6-20/h2-12,14-15,17,24-25,30-31,37,39H,13,16H2,1H3. The first kappa shape index (κ1) is 27.3. The average Bonchev–Trinajstić information content (AvgIpc) is 3.26. The molecule has 4 atom stereocenters. The van der Waals surface area contributed by atoms with Crippen LogP contribution in [0.15, 0.2) is 106 Å². The first-order chi connectivity index (χ1) is 20.7. The third-order valence-corrected chi connectivity index (χ3v) is 9.66. The Kier molecular flexibility index (Phi) is 6.54. The van der Waals surface area contributed by atoms with Crippen molar-refractivity contribution in [1.29, 1.82) is 0 Å². The summed E-state index contributed by atoms with van der Waals surface area (Å²) in [6, 6.07) is 22.1. The first-order valence-corrected chi connectivity index (χ1v) is 15.0. The third kappa shape index (κ3) is 4.39. The van der Waals surface area contributed by atoms with E-state index < -0.39 is 23.7 Å². The molecule has 43 heavy (non-hydrogen) atoms. The third-order valence-electron chi connectivity index (χ3n) is 9.07. The number of amides is 2. The Labute approximate surface area is 256 Å². The number of Topliss-reactive ketones (excluding diaryl/α,β-unsaturated/α-hetero) is 1. The number of benzene rings is 3. The van der Waals surface area contributed by atoms with Gasteiger partial charge in [0.1, 0.15) is 5.75 Å². The number of fused-ring (bicyclic) bond motifs is 3. The summed E-state index contributed by atoms with van der Waals surface area (Å²) in [5.41, 5.74) is 5.33. The minimum absolute atomic E-state index is 0.133. The summed E-state index contributed by atoms with van der Waals surface area (Å²) >= 11 is 3.26. The van der Waals surface area contributed by atoms with E-state index in [-0.39, 0.29) is 40.0 Å². The largest absolute Gasteiger partial charge is 0.508 e. The molecule has 4 unspecified atom stereocenters. The van der Waals surface area contributed by atoms with Gasteiger partial charge in [-0.1, -0.05) is 42.0 Å². The second-order valence-electron chi connectivity index (χ2n) is 11.5. The van der Waals surface area contributed by atoms with Gasteiger partial charge in [-0.3, -0.25) is 24.1 Å². The van der Waals surface area contributed by atoms with Crippen molar-refractivity contribution in [3.63, 3.8) is 0 Å². The number of allylic oxidation sites excluding steroid dienone is 6. The Morgan fingerprint density at radius 2 is 1.60 bits per heavy atom. The molecular weight excluding hydrogens is 608 g/mol. The van der Waals surface area contributed by atoms with E-state index in [1.807, 2.05) is 54.6 Å². The highest BCUT2D eigenvalue weighted by atomic mass is 79.9. The van der Waals surface area contributed by atoms with Crippen LogP contribution in [-0.4, -0.2) is 28.5 Å². The number of carbonyl (C=O) groups excluding carboxylic acids is 4. The number of anilines is 3. The molecule has 2 amide bonds. The zero-order valence-corrected chi connectivity index (χ0v) is 24.8. The molecule has 3 aromatic carbocycles. The van der Waals surface area contributed by atoms with E-state index in [1.54, 1.807) is 31.2 Å². The number of aromatic hydroxyl groups is 1. The molecule has 0 spiro atoms. The normalized spacial score (nSPS) is 24.7. The molecule has 4 aliphatic rings. The number of nitrogens with zero attached hydrogens (tertiary/aromatic N) is 1. The Morgan fingerprint density at radius 3 is 2.33 bits per heavy atom. The lowest BCUT2D eigenvalue weighted by molar-refractivity contribution is -0.123. The molecule has 7 rings (SSSR count). The predicted molar refractivity (Wildman–Crippen MR) is 166 cm³/mol. The summed E-state index contributed by atoms with van der Waals surface area (Å²) in [7, 11) is 0. The van der Waals surface area contributed by atoms with Gasteiger partial charge in [0.2, 0.25) is 11.8 Å². The number of halogens is 1. The molecule has 0 radical (unpaired) electrons. The van der Waals surface area contributed by atoms with Crippen molar-refractivity contribution in [2.24, 2.45) is 17.8 Å². The number of hydrogen-bond acceptors (Lipinski definition) is 6. The van der Waals surface area contributed by atoms with Crippen molar-refractivity contribution >= 4 is 56.4 Å². The molecule has 1 fully saturated rings. The van der Waals surface area contributed by atoms with E-state index >= 15 is 0 Å². The van der Waals surface area contributed by atoms with Crippen LogP contribution in [0, 0.1) is 24.7 Å². The molecule has 0 bridgehead atoms. The minimum Gasteiger partial charge on any atom is -0.508 e. The van der Waals surface area contributed by atoms with Crippen LogP contribution in [0.25, 0.3) is 0 Å². The molecule has 8 heteroatoms. The number of phenolic OH excluding ortho intramolecular Hbond substituents is 1. The molecular formula is C35H27BrN2O5. The number of rotatable bonds is 4. The molecule has 0 saturated carbocycles. The highest BCUT2D eigenvalue weighted by molar-refractivity contribution is 9.12. The summed E-state index contributed by atoms with van der Waals surface area (Å²) in [5.74, 6) is -3.12. The van der Waals surface area contributed by atoms with Crippen LogP contribution in [0.5, 0.6) is 5.75 Å². The van der Waals surface area contributed by atoms with Gasteiger partial charge in [0.15, 0.2) is 11.6 Å². The van der Waals surface area contributed by atoms with Gasteiger partial charge in [-0.15, -0.1) is 0 Å². The number of nitrogens with one attached hydrogen (secondary N) is 1. The Hall–Kier alpha value is -4.56. The lowest BCUT2D eigenvalue weighted by Crippen LogP contribution is -2.39. The monoisotopic (exact) mass is 634 g/mol. The smallest absolute Gasteiger partial charge is 0.238 e. The van der Waals surface area contributed by atoms with Gasteiger partial charge >= 0.3 is 0 Å². The van der Waals surface area contributed by atoms with E-state index in [2.05, 4.69) is 21.2 Å². The van der Waals surface area contributed by atoms with Crippen molar-refractivity contribution in [3.05, 3.63) is 117 Å². The Bertz CT molecular complexity index is 1820. The highest BCUT2D eigenvalue weighted by Crippen LogP contribution is 2.55. The summed E-state index contributed by atoms with van der Waals surface area (Å²) in [5, 5.41) is 13.5. The van der Waals surface area contributed by atoms with Crippen LogP contribution < -0.4 is 10.2 Å². The van der Waals surface area contributed by atoms with Crippen LogP contribution in [0.3, 0.4) is 0 Å². The van der Waals surface area contributed by atoms with Gasteiger partial charge in [-0.2, -0.15) is 0 Å². The average molecular weight is 636 g/mol. The summed E-state index contributed by atoms with van der Waals surface area (Å²) in [6.45, 7) is 1.78. The number of para-hydroxylation sites is 1. The molecule has 3 aromatic rings. The topological polar surface area (TPSA) is 104 Å². The summed E-state index contributed by atoms with van der Waals surface area (Å²) < 4.78 is 0.191. The lowest BCUT2D eigenvalue weighted by Gasteiger charge is -2.42. The van der Waals surface area contributed by atoms with Crippen molar-refractivity contribution in [3.8, 4) is 5.75 Å². The van der Waals surface area contributed by atoms with E-state index in [0.29, 0.717) is 28.8 Å². The zero-order valence-electron chi connectivity index (χ0n) is 23.2. The van der Waals surface area contributed by atoms with Crippen LogP contribution in [0.2, 0.25) is 0 Å². The number of hydrogen-bond donors (Lipinski definition) is 2. The van der Waals surface area contributed by atoms with Gasteiger partial charge in [-0.25, -0.2) is 0 Å². The van der Waals surface area contributed by atoms with Crippen molar-refractivity contribution in [1.82, 2.24) is 0 Å². The van der Waals surface area contributed by atoms with Gasteiger partial charge in [0.05, 0.1) is 22.0 Å². The highest BCUT2D eigenvalue weighted by Gasteiger charge is 2.56. The first-order valence-electron chi connectivity index (χ1n) is 14.2. The van der Waals surface area contributed by atoms with Gasteiger partial charge in [-0.05, 0) is 95.2 Å². The second-order valence-corrected chi connectivity index (χ2v) is 12.3. The van der Waals surface area contributed by atoms with E-state index in [0.717, 1.165) is 22.5 Å². The van der Waals surface area contributed by atoms with Gasteiger partial charge in [0.25, 0.3) is 0 Å². The van der Waals surface area contributed by atoms with Crippen LogP contribution in [-0.2, 0) is 19.2 Å². The maximum Gasteiger partial charge on any atom is 0.238 e. The fourth-order valence-corrected chi connectivity index (χ4v) is 7.53. The number of phenols is 1. The summed E-state index contributed by atoms with van der Waals surface area (Å²) in [4.78, 5) is 56.0. The molecule has 214 valence electrons. The SMILES string of the molecule is Cc1cc(C2C3=CCC4C(=O)N(c5ccc(Nc6ccccc6)cc5)C(=O)C4C3CC3=C2C(=O)C=C(Br)C3=O)ccc1O. The minimum atomic E-state index is -0.656. The van der Waals surface area contributed by atoms with E-state index in [9.17, 15) is 24.3 Å². The molecule has 0 aromatic heterocycles. The van der Waals surface area contributed by atoms with Gasteiger partial charge < -0.3 is 10.4 Å². The van der Waals surface area contributed by atoms with Crippen molar-refractivity contribution in [2.75, 3.05) is 10.2 Å². The van der Waals surface area contributed by atoms with Crippen molar-refractivity contribution in [2.45, 2.75) is 25.7 Å². The number of imide groups is 1. The Balaban J connectivity index is 1.25. The van der Waals surface area contributed by atoms with E-state index in [4.69, 9.17) is 0 Å². The van der Waals surface area contributed by atoms with Crippen LogP contribution in [0.4, 0.5) is 17.1 Å². The number of aryl methyl sites for hydroxylation is 1. The second kappa shape index (κ2) is 10.3. The van der Waals surface area contributed by atoms with Gasteiger partial charge in [0, 0.05) is 34.5 Å². The van der Waals surface area contributed by atoms with E-state index in [1.165, 1.54) is 11.0 Å². The summed E-state index contributed by atoms with van der Waals surface area (Å²) in [6.07, 6.45) is 3.88. The molecule has 2 N–H and O–H groups in total. The maximum absolute atomic E-state index is 14.1. The van der Waals surface area contributed by atoms with Crippen LogP contribution in [0.1, 0.15) is 29.9 Å².